The van der Waals surface area contributed by atoms with E-state index in [9.17, 15) is 13.9 Å². The van der Waals surface area contributed by atoms with Crippen molar-refractivity contribution in [1.29, 1.82) is 0 Å². The van der Waals surface area contributed by atoms with Gasteiger partial charge in [-0.3, -0.25) is 0 Å². The highest BCUT2D eigenvalue weighted by molar-refractivity contribution is 9.10. The Kier molecular flexibility index (Phi) is 5.14. The average molecular weight is 437 g/mol. The minimum atomic E-state index is -0.927. The van der Waals surface area contributed by atoms with Crippen molar-refractivity contribution in [2.24, 2.45) is 0 Å². The number of nitrogens with zero attached hydrogens (tertiary/aromatic N) is 2. The summed E-state index contributed by atoms with van der Waals surface area (Å²) in [5.41, 5.74) is 1.83. The van der Waals surface area contributed by atoms with E-state index in [2.05, 4.69) is 15.9 Å². The molecule has 1 aliphatic rings. The third-order valence-electron chi connectivity index (χ3n) is 4.93. The molecule has 0 bridgehead atoms. The van der Waals surface area contributed by atoms with Gasteiger partial charge in [-0.25, -0.2) is 13.8 Å². The summed E-state index contributed by atoms with van der Waals surface area (Å²) in [6.07, 6.45) is 2.43. The highest BCUT2D eigenvalue weighted by Crippen LogP contribution is 2.37. The fourth-order valence-electron chi connectivity index (χ4n) is 3.37. The fourth-order valence-corrected chi connectivity index (χ4v) is 3.78. The van der Waals surface area contributed by atoms with Gasteiger partial charge in [-0.1, -0.05) is 34.5 Å². The molecule has 2 aromatic carbocycles. The van der Waals surface area contributed by atoms with Crippen LogP contribution in [0.1, 0.15) is 31.0 Å². The van der Waals surface area contributed by atoms with Crippen LogP contribution in [0.25, 0.3) is 11.0 Å². The zero-order valence-corrected chi connectivity index (χ0v) is 16.1. The number of ether oxygens (including phenoxy) is 1. The summed E-state index contributed by atoms with van der Waals surface area (Å²) < 4.78 is 35.3. The molecule has 27 heavy (non-hydrogen) atoms. The normalized spacial score (nSPS) is 15.7. The van der Waals surface area contributed by atoms with Crippen molar-refractivity contribution < 1.29 is 18.6 Å². The number of imidazole rings is 1. The molecule has 142 valence electrons. The molecular formula is C20H19BrF2N2O2. The van der Waals surface area contributed by atoms with Crippen molar-refractivity contribution in [3.8, 4) is 5.75 Å². The lowest BCUT2D eigenvalue weighted by Gasteiger charge is -2.26. The quantitative estimate of drug-likeness (QED) is 0.604. The van der Waals surface area contributed by atoms with Gasteiger partial charge in [0, 0.05) is 10.4 Å². The number of hydrogen-bond acceptors (Lipinski definition) is 3. The van der Waals surface area contributed by atoms with Crippen molar-refractivity contribution in [1.82, 2.24) is 9.55 Å². The topological polar surface area (TPSA) is 47.3 Å². The van der Waals surface area contributed by atoms with E-state index >= 15 is 0 Å². The number of fused-ring (bicyclic) bond motifs is 1. The number of aliphatic hydroxyl groups is 1. The number of halogens is 3. The van der Waals surface area contributed by atoms with Crippen LogP contribution in [0.15, 0.2) is 40.9 Å². The molecule has 0 radical (unpaired) electrons. The molecule has 0 amide bonds. The minimum Gasteiger partial charge on any atom is -0.485 e. The Balaban J connectivity index is 1.52. The monoisotopic (exact) mass is 436 g/mol. The Labute approximate surface area is 163 Å². The molecule has 1 atom stereocenters. The van der Waals surface area contributed by atoms with E-state index in [4.69, 9.17) is 9.72 Å². The predicted octanol–water partition coefficient (Wildman–Crippen LogP) is 4.78. The van der Waals surface area contributed by atoms with Crippen LogP contribution in [-0.2, 0) is 6.54 Å². The van der Waals surface area contributed by atoms with Crippen molar-refractivity contribution in [2.75, 3.05) is 6.61 Å². The van der Waals surface area contributed by atoms with E-state index < -0.39 is 23.5 Å². The second kappa shape index (κ2) is 7.56. The van der Waals surface area contributed by atoms with Gasteiger partial charge in [0.05, 0.1) is 17.6 Å². The number of benzene rings is 2. The molecule has 7 heteroatoms. The first-order valence-corrected chi connectivity index (χ1v) is 9.73. The molecule has 1 saturated carbocycles. The van der Waals surface area contributed by atoms with Crippen LogP contribution >= 0.6 is 15.9 Å². The van der Waals surface area contributed by atoms with Gasteiger partial charge in [0.25, 0.3) is 0 Å². The van der Waals surface area contributed by atoms with Gasteiger partial charge in [0.2, 0.25) is 0 Å². The van der Waals surface area contributed by atoms with E-state index in [1.807, 2.05) is 28.8 Å². The van der Waals surface area contributed by atoms with Crippen LogP contribution in [0.5, 0.6) is 5.75 Å². The van der Waals surface area contributed by atoms with Crippen LogP contribution in [0.2, 0.25) is 0 Å². The third kappa shape index (κ3) is 3.71. The zero-order valence-electron chi connectivity index (χ0n) is 14.5. The van der Waals surface area contributed by atoms with Gasteiger partial charge in [-0.2, -0.15) is 0 Å². The average Bonchev–Trinajstić information content (AvgIpc) is 2.90. The van der Waals surface area contributed by atoms with Gasteiger partial charge in [-0.05, 0) is 37.1 Å². The van der Waals surface area contributed by atoms with Crippen molar-refractivity contribution in [3.63, 3.8) is 0 Å². The number of aliphatic hydroxyl groups excluding tert-OH is 1. The Bertz CT molecular complexity index is 949. The van der Waals surface area contributed by atoms with Gasteiger partial charge >= 0.3 is 0 Å². The molecule has 3 aromatic rings. The van der Waals surface area contributed by atoms with Crippen LogP contribution in [0.3, 0.4) is 0 Å². The lowest BCUT2D eigenvalue weighted by molar-refractivity contribution is 0.0878. The molecule has 0 spiro atoms. The fraction of sp³-hybridized carbons (Fsp3) is 0.350. The van der Waals surface area contributed by atoms with E-state index in [0.717, 1.165) is 41.8 Å². The molecular weight excluding hydrogens is 418 g/mol. The molecule has 1 heterocycles. The highest BCUT2D eigenvalue weighted by atomic mass is 79.9. The lowest BCUT2D eigenvalue weighted by atomic mass is 9.85. The maximum atomic E-state index is 13.9. The maximum Gasteiger partial charge on any atom is 0.190 e. The molecule has 4 nitrogen and oxygen atoms in total. The van der Waals surface area contributed by atoms with E-state index in [1.54, 1.807) is 0 Å². The van der Waals surface area contributed by atoms with Crippen molar-refractivity contribution in [3.05, 3.63) is 58.3 Å². The van der Waals surface area contributed by atoms with Crippen LogP contribution in [-0.4, -0.2) is 27.4 Å². The third-order valence-corrected chi connectivity index (χ3v) is 5.39. The molecule has 0 aliphatic heterocycles. The molecule has 0 saturated heterocycles. The number of rotatable bonds is 6. The first-order chi connectivity index (χ1) is 13.0. The number of para-hydroxylation sites is 2. The molecule has 1 unspecified atom stereocenters. The highest BCUT2D eigenvalue weighted by Gasteiger charge is 2.26. The minimum absolute atomic E-state index is 0.216. The SMILES string of the molecule is OC(COc1c(F)cc(Br)cc1F)Cn1c(C2CCC2)nc2ccccc21. The molecule has 1 aliphatic carbocycles. The summed E-state index contributed by atoms with van der Waals surface area (Å²) in [5.74, 6) is -0.740. The first kappa shape index (κ1) is 18.4. The van der Waals surface area contributed by atoms with Gasteiger partial charge in [0.15, 0.2) is 17.4 Å². The predicted molar refractivity (Wildman–Crippen MR) is 102 cm³/mol. The molecule has 1 N–H and O–H groups in total. The number of aromatic nitrogens is 2. The second-order valence-corrected chi connectivity index (χ2v) is 7.78. The smallest absolute Gasteiger partial charge is 0.190 e. The molecule has 1 fully saturated rings. The maximum absolute atomic E-state index is 13.9. The van der Waals surface area contributed by atoms with E-state index in [1.165, 1.54) is 6.42 Å². The standard InChI is InChI=1S/C20H19BrF2N2O2/c21-13-8-15(22)19(16(23)9-13)27-11-14(26)10-25-18-7-2-1-6-17(18)24-20(25)12-4-3-5-12/h1-2,6-9,12,14,26H,3-5,10-11H2. The van der Waals surface area contributed by atoms with Crippen molar-refractivity contribution in [2.45, 2.75) is 37.8 Å². The summed E-state index contributed by atoms with van der Waals surface area (Å²) in [7, 11) is 0. The van der Waals surface area contributed by atoms with Crippen molar-refractivity contribution >= 4 is 27.0 Å². The van der Waals surface area contributed by atoms with Crippen LogP contribution in [0, 0.1) is 11.6 Å². The molecule has 4 rings (SSSR count). The summed E-state index contributed by atoms with van der Waals surface area (Å²) in [6, 6.07) is 10.0. The van der Waals surface area contributed by atoms with E-state index in [-0.39, 0.29) is 13.2 Å². The Morgan fingerprint density at radius 1 is 1.22 bits per heavy atom. The molecule has 1 aromatic heterocycles. The number of hydrogen-bond donors (Lipinski definition) is 1. The summed E-state index contributed by atoms with van der Waals surface area (Å²) in [5, 5.41) is 10.4. The van der Waals surface area contributed by atoms with Gasteiger partial charge in [0.1, 0.15) is 18.5 Å². The lowest BCUT2D eigenvalue weighted by Crippen LogP contribution is -2.26. The summed E-state index contributed by atoms with van der Waals surface area (Å²) in [4.78, 5) is 4.73. The summed E-state index contributed by atoms with van der Waals surface area (Å²) >= 11 is 3.03. The van der Waals surface area contributed by atoms with E-state index in [0.29, 0.717) is 10.4 Å². The zero-order chi connectivity index (χ0) is 19.0. The second-order valence-electron chi connectivity index (χ2n) is 6.86. The Hall–Kier alpha value is -1.99. The largest absolute Gasteiger partial charge is 0.485 e. The van der Waals surface area contributed by atoms with Gasteiger partial charge < -0.3 is 14.4 Å². The Morgan fingerprint density at radius 2 is 1.93 bits per heavy atom. The first-order valence-electron chi connectivity index (χ1n) is 8.93. The van der Waals surface area contributed by atoms with Crippen LogP contribution in [0.4, 0.5) is 8.78 Å². The summed E-state index contributed by atoms with van der Waals surface area (Å²) in [6.45, 7) is 0.0399. The van der Waals surface area contributed by atoms with Gasteiger partial charge in [-0.15, -0.1) is 0 Å². The van der Waals surface area contributed by atoms with Crippen LogP contribution < -0.4 is 4.74 Å². The Morgan fingerprint density at radius 3 is 2.59 bits per heavy atom.